The van der Waals surface area contributed by atoms with Gasteiger partial charge in [0.25, 0.3) is 0 Å². The molecule has 0 saturated heterocycles. The molecule has 0 radical (unpaired) electrons. The summed E-state index contributed by atoms with van der Waals surface area (Å²) < 4.78 is 2.06. The van der Waals surface area contributed by atoms with E-state index >= 15 is 0 Å². The highest BCUT2D eigenvalue weighted by Crippen LogP contribution is 2.30. The van der Waals surface area contributed by atoms with Gasteiger partial charge in [-0.1, -0.05) is 29.5 Å². The minimum atomic E-state index is 0.742. The van der Waals surface area contributed by atoms with Crippen LogP contribution in [-0.4, -0.2) is 15.6 Å². The highest BCUT2D eigenvalue weighted by molar-refractivity contribution is 7.99. The molecule has 1 aromatic heterocycles. The minimum Gasteiger partial charge on any atom is -0.329 e. The van der Waals surface area contributed by atoms with Crippen LogP contribution in [0.1, 0.15) is 24.0 Å². The lowest BCUT2D eigenvalue weighted by atomic mass is 10.1. The van der Waals surface area contributed by atoms with Gasteiger partial charge in [-0.15, -0.1) is 0 Å². The molecule has 1 heterocycles. The quantitative estimate of drug-likeness (QED) is 0.907. The summed E-state index contributed by atoms with van der Waals surface area (Å²) in [5.41, 5.74) is 2.69. The number of aryl methyl sites for hydroxylation is 2. The second-order valence-electron chi connectivity index (χ2n) is 5.19. The van der Waals surface area contributed by atoms with E-state index < -0.39 is 0 Å². The summed E-state index contributed by atoms with van der Waals surface area (Å²) in [4.78, 5) is 5.69. The van der Waals surface area contributed by atoms with E-state index in [2.05, 4.69) is 40.0 Å². The van der Waals surface area contributed by atoms with Gasteiger partial charge in [0.15, 0.2) is 5.16 Å². The molecule has 0 spiro atoms. The number of rotatable bonds is 5. The van der Waals surface area contributed by atoms with Crippen molar-refractivity contribution in [3.05, 3.63) is 41.7 Å². The molecule has 1 aliphatic carbocycles. The number of nitrogens with one attached hydrogen (secondary N) is 1. The Morgan fingerprint density at radius 2 is 2.26 bits per heavy atom. The summed E-state index contributed by atoms with van der Waals surface area (Å²) >= 11 is 1.74. The van der Waals surface area contributed by atoms with Gasteiger partial charge in [-0.05, 0) is 31.4 Å². The lowest BCUT2D eigenvalue weighted by Gasteiger charge is -2.11. The zero-order chi connectivity index (χ0) is 13.2. The second-order valence-corrected chi connectivity index (χ2v) is 6.20. The Kier molecular flexibility index (Phi) is 3.62. The summed E-state index contributed by atoms with van der Waals surface area (Å²) in [6.45, 7) is 3.11. The van der Waals surface area contributed by atoms with Crippen LogP contribution < -0.4 is 5.32 Å². The second kappa shape index (κ2) is 5.39. The minimum absolute atomic E-state index is 0.742. The maximum absolute atomic E-state index is 4.39. The van der Waals surface area contributed by atoms with Crippen LogP contribution >= 0.6 is 11.8 Å². The van der Waals surface area contributed by atoms with Crippen LogP contribution in [0.25, 0.3) is 0 Å². The molecular weight excluding hydrogens is 254 g/mol. The first-order chi connectivity index (χ1) is 9.22. The van der Waals surface area contributed by atoms with E-state index in [-0.39, 0.29) is 0 Å². The molecule has 0 aliphatic heterocycles. The van der Waals surface area contributed by atoms with Gasteiger partial charge in [0.1, 0.15) is 0 Å². The average molecular weight is 273 g/mol. The summed E-state index contributed by atoms with van der Waals surface area (Å²) in [6, 6.07) is 7.40. The Labute approximate surface area is 118 Å². The first kappa shape index (κ1) is 12.8. The number of nitrogens with zero attached hydrogens (tertiary/aromatic N) is 2. The van der Waals surface area contributed by atoms with Gasteiger partial charge in [0.2, 0.25) is 0 Å². The van der Waals surface area contributed by atoms with Crippen LogP contribution in [-0.2, 0) is 13.6 Å². The summed E-state index contributed by atoms with van der Waals surface area (Å²) in [7, 11) is 2.03. The predicted molar refractivity (Wildman–Crippen MR) is 78.4 cm³/mol. The fourth-order valence-electron chi connectivity index (χ4n) is 2.04. The summed E-state index contributed by atoms with van der Waals surface area (Å²) in [6.07, 6.45) is 6.48. The average Bonchev–Trinajstić information content (AvgIpc) is 3.14. The number of aromatic nitrogens is 2. The SMILES string of the molecule is Cc1ccc(Sc2nccn2C)c(CNC2CC2)c1. The third-order valence-electron chi connectivity index (χ3n) is 3.35. The predicted octanol–water partition coefficient (Wildman–Crippen LogP) is 3.13. The molecule has 19 heavy (non-hydrogen) atoms. The maximum Gasteiger partial charge on any atom is 0.172 e. The van der Waals surface area contributed by atoms with E-state index in [1.54, 1.807) is 11.8 Å². The largest absolute Gasteiger partial charge is 0.329 e. The highest BCUT2D eigenvalue weighted by Gasteiger charge is 2.20. The van der Waals surface area contributed by atoms with Crippen molar-refractivity contribution in [1.29, 1.82) is 0 Å². The van der Waals surface area contributed by atoms with Crippen molar-refractivity contribution in [2.75, 3.05) is 0 Å². The van der Waals surface area contributed by atoms with Crippen LogP contribution in [0.4, 0.5) is 0 Å². The molecule has 4 heteroatoms. The van der Waals surface area contributed by atoms with Crippen molar-refractivity contribution in [2.45, 2.75) is 42.4 Å². The van der Waals surface area contributed by atoms with Crippen molar-refractivity contribution in [3.8, 4) is 0 Å². The smallest absolute Gasteiger partial charge is 0.172 e. The molecule has 1 aromatic carbocycles. The van der Waals surface area contributed by atoms with Crippen molar-refractivity contribution in [2.24, 2.45) is 7.05 Å². The van der Waals surface area contributed by atoms with Crippen molar-refractivity contribution >= 4 is 11.8 Å². The van der Waals surface area contributed by atoms with Gasteiger partial charge in [0.05, 0.1) is 0 Å². The fraction of sp³-hybridized carbons (Fsp3) is 0.400. The third-order valence-corrected chi connectivity index (χ3v) is 4.55. The van der Waals surface area contributed by atoms with Crippen LogP contribution in [0, 0.1) is 6.92 Å². The number of hydrogen-bond acceptors (Lipinski definition) is 3. The van der Waals surface area contributed by atoms with Gasteiger partial charge < -0.3 is 9.88 Å². The lowest BCUT2D eigenvalue weighted by molar-refractivity contribution is 0.679. The number of hydrogen-bond donors (Lipinski definition) is 1. The van der Waals surface area contributed by atoms with Crippen LogP contribution in [0.3, 0.4) is 0 Å². The van der Waals surface area contributed by atoms with Crippen molar-refractivity contribution < 1.29 is 0 Å². The zero-order valence-electron chi connectivity index (χ0n) is 11.4. The van der Waals surface area contributed by atoms with Gasteiger partial charge in [-0.25, -0.2) is 4.98 Å². The molecule has 0 amide bonds. The molecule has 0 unspecified atom stereocenters. The third kappa shape index (κ3) is 3.19. The molecule has 1 aliphatic rings. The topological polar surface area (TPSA) is 29.9 Å². The molecule has 1 saturated carbocycles. The first-order valence-corrected chi connectivity index (χ1v) is 7.52. The van der Waals surface area contributed by atoms with Crippen molar-refractivity contribution in [3.63, 3.8) is 0 Å². The van der Waals surface area contributed by atoms with Gasteiger partial charge in [-0.2, -0.15) is 0 Å². The van der Waals surface area contributed by atoms with E-state index in [4.69, 9.17) is 0 Å². The molecule has 2 aromatic rings. The molecule has 0 bridgehead atoms. The molecule has 100 valence electrons. The maximum atomic E-state index is 4.39. The van der Waals surface area contributed by atoms with E-state index in [0.29, 0.717) is 0 Å². The Hall–Kier alpha value is -1.26. The van der Waals surface area contributed by atoms with Crippen molar-refractivity contribution in [1.82, 2.24) is 14.9 Å². The fourth-order valence-corrected chi connectivity index (χ4v) is 2.95. The molecule has 3 rings (SSSR count). The summed E-state index contributed by atoms with van der Waals surface area (Å²) in [5, 5.41) is 4.63. The first-order valence-electron chi connectivity index (χ1n) is 6.70. The molecule has 0 atom stereocenters. The molecule has 1 N–H and O–H groups in total. The van der Waals surface area contributed by atoms with Crippen LogP contribution in [0.5, 0.6) is 0 Å². The van der Waals surface area contributed by atoms with Gasteiger partial charge in [-0.3, -0.25) is 0 Å². The Morgan fingerprint density at radius 3 is 2.95 bits per heavy atom. The van der Waals surface area contributed by atoms with Gasteiger partial charge in [0, 0.05) is 36.9 Å². The number of imidazole rings is 1. The van der Waals surface area contributed by atoms with E-state index in [1.807, 2.05) is 19.4 Å². The van der Waals surface area contributed by atoms with E-state index in [1.165, 1.54) is 28.9 Å². The van der Waals surface area contributed by atoms with Crippen LogP contribution in [0.2, 0.25) is 0 Å². The Bertz CT molecular complexity index is 573. The lowest BCUT2D eigenvalue weighted by Crippen LogP contribution is -2.16. The monoisotopic (exact) mass is 273 g/mol. The Balaban J connectivity index is 1.80. The van der Waals surface area contributed by atoms with Gasteiger partial charge >= 0.3 is 0 Å². The highest BCUT2D eigenvalue weighted by atomic mass is 32.2. The normalized spacial score (nSPS) is 14.8. The molecule has 1 fully saturated rings. The van der Waals surface area contributed by atoms with E-state index in [0.717, 1.165) is 17.7 Å². The van der Waals surface area contributed by atoms with Crippen LogP contribution in [0.15, 0.2) is 40.6 Å². The van der Waals surface area contributed by atoms with E-state index in [9.17, 15) is 0 Å². The molecular formula is C15H19N3S. The zero-order valence-corrected chi connectivity index (χ0v) is 12.2. The number of benzene rings is 1. The standard InChI is InChI=1S/C15H19N3S/c1-11-3-6-14(19-15-16-7-8-18(15)2)12(9-11)10-17-13-4-5-13/h3,6-9,13,17H,4-5,10H2,1-2H3. The molecule has 3 nitrogen and oxygen atoms in total. The Morgan fingerprint density at radius 1 is 1.42 bits per heavy atom. The summed E-state index contributed by atoms with van der Waals surface area (Å²) in [5.74, 6) is 0.